The Kier molecular flexibility index (Phi) is 9.38. The first-order chi connectivity index (χ1) is 20.2. The predicted octanol–water partition coefficient (Wildman–Crippen LogP) is 6.67. The van der Waals surface area contributed by atoms with E-state index < -0.39 is 40.7 Å². The fourth-order valence-electron chi connectivity index (χ4n) is 4.81. The van der Waals surface area contributed by atoms with E-state index in [4.69, 9.17) is 14.2 Å². The van der Waals surface area contributed by atoms with Crippen LogP contribution in [0.1, 0.15) is 48.1 Å². The Balaban J connectivity index is 1.52. The van der Waals surface area contributed by atoms with Crippen molar-refractivity contribution in [2.75, 3.05) is 18.6 Å². The van der Waals surface area contributed by atoms with Gasteiger partial charge in [0.15, 0.2) is 0 Å². The first kappa shape index (κ1) is 31.9. The summed E-state index contributed by atoms with van der Waals surface area (Å²) in [5.41, 5.74) is 1.94. The first-order valence-corrected chi connectivity index (χ1v) is 14.4. The molecule has 12 heteroatoms. The Labute approximate surface area is 251 Å². The van der Waals surface area contributed by atoms with Gasteiger partial charge in [-0.1, -0.05) is 30.3 Å². The molecule has 0 spiro atoms. The number of methoxy groups -OCH3 is 1. The number of alkyl carbamates (subject to hydrolysis) is 1. The summed E-state index contributed by atoms with van der Waals surface area (Å²) in [5, 5.41) is 2.48. The van der Waals surface area contributed by atoms with Crippen LogP contribution in [0.15, 0.2) is 48.5 Å². The first-order valence-electron chi connectivity index (χ1n) is 13.6. The average molecular weight is 619 g/mol. The molecule has 0 bridgehead atoms. The molecule has 0 radical (unpaired) electrons. The van der Waals surface area contributed by atoms with E-state index in [1.807, 2.05) is 6.92 Å². The molecule has 2 heterocycles. The van der Waals surface area contributed by atoms with Crippen LogP contribution >= 0.6 is 11.3 Å². The third-order valence-corrected chi connectivity index (χ3v) is 7.90. The van der Waals surface area contributed by atoms with Crippen molar-refractivity contribution in [3.8, 4) is 16.9 Å². The summed E-state index contributed by atoms with van der Waals surface area (Å²) in [7, 11) is 1.19. The van der Waals surface area contributed by atoms with Crippen LogP contribution in [0.25, 0.3) is 11.1 Å². The van der Waals surface area contributed by atoms with Gasteiger partial charge in [0.1, 0.15) is 28.9 Å². The molecule has 0 aliphatic carbocycles. The van der Waals surface area contributed by atoms with Crippen molar-refractivity contribution < 1.29 is 41.8 Å². The van der Waals surface area contributed by atoms with Gasteiger partial charge in [-0.15, -0.1) is 11.3 Å². The molecule has 1 aliphatic rings. The second kappa shape index (κ2) is 12.7. The van der Waals surface area contributed by atoms with E-state index in [1.54, 1.807) is 63.2 Å². The van der Waals surface area contributed by atoms with E-state index in [-0.39, 0.29) is 18.6 Å². The van der Waals surface area contributed by atoms with E-state index in [9.17, 15) is 27.6 Å². The third kappa shape index (κ3) is 7.67. The highest BCUT2D eigenvalue weighted by Crippen LogP contribution is 2.43. The lowest BCUT2D eigenvalue weighted by Crippen LogP contribution is -2.50. The number of nitrogens with one attached hydrogen (secondary N) is 1. The zero-order chi connectivity index (χ0) is 31.5. The molecular formula is C31H33F3N2O6S. The Morgan fingerprint density at radius 3 is 2.40 bits per heavy atom. The minimum atomic E-state index is -4.50. The quantitative estimate of drug-likeness (QED) is 0.284. The molecule has 8 nitrogen and oxygen atoms in total. The maximum Gasteiger partial charge on any atom is 0.426 e. The number of nitrogens with zero attached hydrogens (tertiary/aromatic N) is 1. The van der Waals surface area contributed by atoms with E-state index in [1.165, 1.54) is 18.1 Å². The van der Waals surface area contributed by atoms with Crippen molar-refractivity contribution in [2.24, 2.45) is 0 Å². The number of hydrogen-bond donors (Lipinski definition) is 1. The predicted molar refractivity (Wildman–Crippen MR) is 156 cm³/mol. The molecule has 1 aliphatic heterocycles. The summed E-state index contributed by atoms with van der Waals surface area (Å²) in [6.45, 7) is 7.09. The van der Waals surface area contributed by atoms with Gasteiger partial charge in [0.2, 0.25) is 5.91 Å². The Morgan fingerprint density at radius 2 is 1.77 bits per heavy atom. The highest BCUT2D eigenvalue weighted by Gasteiger charge is 2.37. The standard InChI is InChI=1S/C31H33F3N2O6S/c1-18-21-13-14-36(28(38)23(16-26(37)40-5)35-29(39)42-30(2,3)4)24(21)11-12-25(18)41-17-20-15-22(19-9-7-6-8-10-19)27(43-20)31(32,33)34/h6-12,15,23H,13-14,16-17H2,1-5H3,(H,35,39)/t23-/m1/s1. The largest absolute Gasteiger partial charge is 0.488 e. The number of amides is 2. The van der Waals surface area contributed by atoms with E-state index >= 15 is 0 Å². The summed E-state index contributed by atoms with van der Waals surface area (Å²) in [6, 6.07) is 12.0. The number of alkyl halides is 3. The van der Waals surface area contributed by atoms with Crippen molar-refractivity contribution in [2.45, 2.75) is 65.0 Å². The van der Waals surface area contributed by atoms with Crippen molar-refractivity contribution in [3.63, 3.8) is 0 Å². The summed E-state index contributed by atoms with van der Waals surface area (Å²) in [4.78, 5) is 39.2. The van der Waals surface area contributed by atoms with Gasteiger partial charge < -0.3 is 24.4 Å². The highest BCUT2D eigenvalue weighted by atomic mass is 32.1. The molecule has 230 valence electrons. The summed E-state index contributed by atoms with van der Waals surface area (Å²) in [6.07, 6.45) is -5.24. The molecule has 0 unspecified atom stereocenters. The van der Waals surface area contributed by atoms with E-state index in [0.717, 1.165) is 11.1 Å². The normalized spacial score (nSPS) is 13.7. The van der Waals surface area contributed by atoms with Crippen LogP contribution in [0.3, 0.4) is 0 Å². The zero-order valence-corrected chi connectivity index (χ0v) is 25.3. The number of rotatable bonds is 8. The van der Waals surface area contributed by atoms with Crippen LogP contribution in [0, 0.1) is 6.92 Å². The molecule has 1 aromatic heterocycles. The van der Waals surface area contributed by atoms with Crippen molar-refractivity contribution in [1.82, 2.24) is 5.32 Å². The summed E-state index contributed by atoms with van der Waals surface area (Å²) >= 11 is 0.649. The van der Waals surface area contributed by atoms with Crippen molar-refractivity contribution >= 4 is 35.0 Å². The highest BCUT2D eigenvalue weighted by molar-refractivity contribution is 7.12. The summed E-state index contributed by atoms with van der Waals surface area (Å²) in [5.74, 6) is -0.699. The lowest BCUT2D eigenvalue weighted by Gasteiger charge is -2.26. The average Bonchev–Trinajstić information content (AvgIpc) is 3.57. The van der Waals surface area contributed by atoms with Crippen LogP contribution in [-0.2, 0) is 38.3 Å². The number of esters is 1. The molecule has 4 rings (SSSR count). The monoisotopic (exact) mass is 618 g/mol. The fourth-order valence-corrected chi connectivity index (χ4v) is 5.77. The number of carbonyl (C=O) groups excluding carboxylic acids is 3. The fraction of sp³-hybridized carbons (Fsp3) is 0.387. The molecule has 1 N–H and O–H groups in total. The maximum absolute atomic E-state index is 13.8. The molecular weight excluding hydrogens is 585 g/mol. The van der Waals surface area contributed by atoms with E-state index in [0.29, 0.717) is 46.2 Å². The summed E-state index contributed by atoms with van der Waals surface area (Å²) < 4.78 is 57.4. The second-order valence-electron chi connectivity index (χ2n) is 11.0. The van der Waals surface area contributed by atoms with Gasteiger partial charge in [-0.25, -0.2) is 4.79 Å². The number of halogens is 3. The lowest BCUT2D eigenvalue weighted by atomic mass is 10.0. The minimum Gasteiger partial charge on any atom is -0.488 e. The Morgan fingerprint density at radius 1 is 1.07 bits per heavy atom. The molecule has 0 fully saturated rings. The van der Waals surface area contributed by atoms with Gasteiger partial charge >= 0.3 is 18.2 Å². The number of carbonyl (C=O) groups is 3. The van der Waals surface area contributed by atoms with Gasteiger partial charge in [-0.3, -0.25) is 9.59 Å². The lowest BCUT2D eigenvalue weighted by molar-refractivity contribution is -0.142. The second-order valence-corrected chi connectivity index (χ2v) is 12.2. The Hall–Kier alpha value is -4.06. The van der Waals surface area contributed by atoms with Gasteiger partial charge in [0.05, 0.1) is 13.5 Å². The number of anilines is 1. The molecule has 2 aromatic carbocycles. The van der Waals surface area contributed by atoms with Gasteiger partial charge in [-0.2, -0.15) is 13.2 Å². The van der Waals surface area contributed by atoms with Gasteiger partial charge in [-0.05, 0) is 69.0 Å². The van der Waals surface area contributed by atoms with Crippen molar-refractivity contribution in [3.05, 3.63) is 69.4 Å². The SMILES string of the molecule is COC(=O)C[C@@H](NC(=O)OC(C)(C)C)C(=O)N1CCc2c1ccc(OCc1cc(-c3ccccc3)c(C(F)(F)F)s1)c2C. The molecule has 43 heavy (non-hydrogen) atoms. The van der Waals surface area contributed by atoms with Crippen molar-refractivity contribution in [1.29, 1.82) is 0 Å². The van der Waals surface area contributed by atoms with Crippen LogP contribution in [0.4, 0.5) is 23.7 Å². The molecule has 0 saturated carbocycles. The molecule has 3 aromatic rings. The van der Waals surface area contributed by atoms with Crippen LogP contribution in [-0.4, -0.2) is 43.3 Å². The Bertz CT molecular complexity index is 1500. The number of fused-ring (bicyclic) bond motifs is 1. The molecule has 0 saturated heterocycles. The smallest absolute Gasteiger partial charge is 0.426 e. The zero-order valence-electron chi connectivity index (χ0n) is 24.5. The number of thiophene rings is 1. The molecule has 2 amide bonds. The molecule has 1 atom stereocenters. The number of benzene rings is 2. The van der Waals surface area contributed by atoms with Gasteiger partial charge in [0.25, 0.3) is 0 Å². The third-order valence-electron chi connectivity index (χ3n) is 6.75. The van der Waals surface area contributed by atoms with E-state index in [2.05, 4.69) is 5.32 Å². The minimum absolute atomic E-state index is 0.0656. The van der Waals surface area contributed by atoms with Crippen LogP contribution in [0.2, 0.25) is 0 Å². The van der Waals surface area contributed by atoms with Crippen LogP contribution < -0.4 is 15.0 Å². The van der Waals surface area contributed by atoms with Gasteiger partial charge in [0, 0.05) is 22.7 Å². The number of ether oxygens (including phenoxy) is 3. The van der Waals surface area contributed by atoms with Crippen LogP contribution in [0.5, 0.6) is 5.75 Å². The maximum atomic E-state index is 13.8. The topological polar surface area (TPSA) is 94.2 Å². The number of hydrogen-bond acceptors (Lipinski definition) is 7.